The number of carbonyl (C=O) groups is 4. The van der Waals surface area contributed by atoms with Crippen molar-refractivity contribution >= 4 is 57.7 Å². The van der Waals surface area contributed by atoms with Crippen LogP contribution in [0.1, 0.15) is 75.7 Å². The van der Waals surface area contributed by atoms with Crippen LogP contribution in [0.2, 0.25) is 0 Å². The van der Waals surface area contributed by atoms with Gasteiger partial charge in [-0.15, -0.1) is 23.1 Å². The monoisotopic (exact) mass is 952 g/mol. The fourth-order valence-electron chi connectivity index (χ4n) is 9.70. The number of pyridine rings is 1. The van der Waals surface area contributed by atoms with Crippen molar-refractivity contribution in [1.29, 1.82) is 0 Å². The van der Waals surface area contributed by atoms with Crippen molar-refractivity contribution in [2.24, 2.45) is 5.41 Å². The second-order valence-electron chi connectivity index (χ2n) is 19.5. The van der Waals surface area contributed by atoms with Crippen molar-refractivity contribution in [3.05, 3.63) is 58.2 Å². The Bertz CT molecular complexity index is 2660. The van der Waals surface area contributed by atoms with Crippen LogP contribution in [-0.4, -0.2) is 148 Å². The number of hydrogen-bond donors (Lipinski definition) is 2. The van der Waals surface area contributed by atoms with Crippen molar-refractivity contribution in [3.8, 4) is 34.4 Å². The molecule has 6 bridgehead atoms. The predicted molar refractivity (Wildman–Crippen MR) is 256 cm³/mol. The minimum atomic E-state index is -1.11. The molecule has 4 aliphatic heterocycles. The van der Waals surface area contributed by atoms with Gasteiger partial charge in [0.15, 0.2) is 6.10 Å². The number of amides is 3. The number of likely N-dealkylation sites (tertiary alicyclic amines) is 1. The zero-order chi connectivity index (χ0) is 47.6. The second-order valence-corrected chi connectivity index (χ2v) is 21.9. The summed E-state index contributed by atoms with van der Waals surface area (Å²) in [7, 11) is 6.98. The quantitative estimate of drug-likeness (QED) is 0.134. The van der Waals surface area contributed by atoms with Gasteiger partial charge in [0, 0.05) is 91.8 Å². The number of nitrogens with zero attached hydrogens (tertiary/aromatic N) is 6. The lowest BCUT2D eigenvalue weighted by Crippen LogP contribution is -2.60. The molecule has 3 aromatic heterocycles. The van der Waals surface area contributed by atoms with E-state index >= 15 is 0 Å². The summed E-state index contributed by atoms with van der Waals surface area (Å²) in [6.45, 7) is 12.1. The Hall–Kier alpha value is -4.87. The Morgan fingerprint density at radius 2 is 1.96 bits per heavy atom. The number of aryl methyl sites for hydroxylation is 1. The van der Waals surface area contributed by atoms with Crippen LogP contribution in [0, 0.1) is 17.3 Å². The lowest BCUT2D eigenvalue weighted by molar-refractivity contribution is -0.156. The summed E-state index contributed by atoms with van der Waals surface area (Å²) in [5, 5.41) is 7.81. The maximum absolute atomic E-state index is 14.8. The molecular weight excluding hydrogens is 893 g/mol. The van der Waals surface area contributed by atoms with Crippen molar-refractivity contribution in [2.75, 3.05) is 61.2 Å². The number of thioether (sulfide) groups is 1. The van der Waals surface area contributed by atoms with Gasteiger partial charge in [0.1, 0.15) is 22.3 Å². The normalized spacial score (nSPS) is 25.2. The van der Waals surface area contributed by atoms with Gasteiger partial charge in [-0.05, 0) is 83.5 Å². The Labute approximate surface area is 399 Å². The first-order valence-corrected chi connectivity index (χ1v) is 24.7. The zero-order valence-electron chi connectivity index (χ0n) is 39.6. The van der Waals surface area contributed by atoms with Crippen molar-refractivity contribution < 1.29 is 38.1 Å². The first-order chi connectivity index (χ1) is 32.0. The molecule has 6 atom stereocenters. The highest BCUT2D eigenvalue weighted by Crippen LogP contribution is 2.58. The molecule has 67 heavy (non-hydrogen) atoms. The highest BCUT2D eigenvalue weighted by atomic mass is 32.2. The number of esters is 1. The molecule has 16 nitrogen and oxygen atoms in total. The van der Waals surface area contributed by atoms with E-state index in [4.69, 9.17) is 28.9 Å². The van der Waals surface area contributed by atoms with Gasteiger partial charge in [-0.3, -0.25) is 34.1 Å². The molecule has 3 saturated heterocycles. The SMILES string of the molecule is CCn1c2c3c4cc(ccc41)-c1csc(n1)C[C@@]1(S[C@H]1NC(=O)[C@@H](COC1CN(C(=O)C#CC(C)(C)N(C)C)C1)OC)C(=O)N1CCC[C@H](N1)C(=O)OCC(C)(C)C3[C@H](OC)c1ncccc1-2. The average Bonchev–Trinajstić information content (AvgIpc) is 3.60. The fraction of sp³-hybridized carbons (Fsp3) is 0.551. The van der Waals surface area contributed by atoms with Crippen LogP contribution in [0.3, 0.4) is 0 Å². The smallest absolute Gasteiger partial charge is 0.324 e. The van der Waals surface area contributed by atoms with Gasteiger partial charge in [-0.25, -0.2) is 10.4 Å². The van der Waals surface area contributed by atoms with Crippen LogP contribution in [-0.2, 0) is 51.1 Å². The van der Waals surface area contributed by atoms with Crippen LogP contribution in [0.5, 0.6) is 0 Å². The number of fused-ring (bicyclic) bond motifs is 8. The van der Waals surface area contributed by atoms with E-state index in [0.717, 1.165) is 56.2 Å². The number of benzene rings is 1. The molecular formula is C49H60N8O8S2. The van der Waals surface area contributed by atoms with E-state index < -0.39 is 51.2 Å². The third-order valence-electron chi connectivity index (χ3n) is 14.2. The Morgan fingerprint density at radius 3 is 2.69 bits per heavy atom. The molecule has 7 heterocycles. The van der Waals surface area contributed by atoms with E-state index in [-0.39, 0.29) is 43.5 Å². The molecule has 0 saturated carbocycles. The van der Waals surface area contributed by atoms with Gasteiger partial charge >= 0.3 is 5.97 Å². The van der Waals surface area contributed by atoms with Gasteiger partial charge in [-0.1, -0.05) is 25.8 Å². The number of hydrazine groups is 1. The summed E-state index contributed by atoms with van der Waals surface area (Å²) >= 11 is 2.82. The number of rotatable bonds is 9. The van der Waals surface area contributed by atoms with E-state index in [9.17, 15) is 19.2 Å². The van der Waals surface area contributed by atoms with Crippen LogP contribution < -0.4 is 10.7 Å². The molecule has 3 amide bonds. The molecule has 5 aliphatic rings. The summed E-state index contributed by atoms with van der Waals surface area (Å²) in [4.78, 5) is 69.0. The molecule has 18 heteroatoms. The Balaban J connectivity index is 0.989. The number of nitrogens with one attached hydrogen (secondary N) is 2. The highest BCUT2D eigenvalue weighted by molar-refractivity contribution is 8.09. The molecule has 4 aromatic rings. The van der Waals surface area contributed by atoms with Crippen molar-refractivity contribution in [2.45, 2.75) is 106 Å². The minimum absolute atomic E-state index is 0.0394. The van der Waals surface area contributed by atoms with Crippen LogP contribution in [0.4, 0.5) is 0 Å². The number of thiazole rings is 1. The van der Waals surface area contributed by atoms with Crippen LogP contribution in [0.25, 0.3) is 33.4 Å². The Morgan fingerprint density at radius 1 is 1.16 bits per heavy atom. The lowest BCUT2D eigenvalue weighted by atomic mass is 9.67. The van der Waals surface area contributed by atoms with E-state index in [1.807, 2.05) is 44.3 Å². The van der Waals surface area contributed by atoms with E-state index in [0.29, 0.717) is 32.5 Å². The van der Waals surface area contributed by atoms with Gasteiger partial charge in [0.2, 0.25) is 0 Å². The van der Waals surface area contributed by atoms with Gasteiger partial charge in [0.25, 0.3) is 17.7 Å². The number of ether oxygens (including phenoxy) is 4. The van der Waals surface area contributed by atoms with Crippen molar-refractivity contribution in [1.82, 2.24) is 40.1 Å². The second kappa shape index (κ2) is 18.2. The Kier molecular flexibility index (Phi) is 12.8. The minimum Gasteiger partial charge on any atom is -0.464 e. The summed E-state index contributed by atoms with van der Waals surface area (Å²) in [6.07, 6.45) is 1.46. The largest absolute Gasteiger partial charge is 0.464 e. The average molecular weight is 953 g/mol. The van der Waals surface area contributed by atoms with E-state index in [2.05, 4.69) is 72.2 Å². The topological polar surface area (TPSA) is 170 Å². The van der Waals surface area contributed by atoms with Gasteiger partial charge < -0.3 is 33.7 Å². The third-order valence-corrected chi connectivity index (χ3v) is 16.5. The number of aromatic nitrogens is 3. The number of cyclic esters (lactones) is 1. The molecule has 3 fully saturated rings. The molecule has 1 aromatic carbocycles. The molecule has 2 N–H and O–H groups in total. The maximum Gasteiger partial charge on any atom is 0.324 e. The highest BCUT2D eigenvalue weighted by Gasteiger charge is 2.64. The summed E-state index contributed by atoms with van der Waals surface area (Å²) < 4.78 is 25.4. The molecule has 0 radical (unpaired) electrons. The summed E-state index contributed by atoms with van der Waals surface area (Å²) in [5.74, 6) is 4.13. The summed E-state index contributed by atoms with van der Waals surface area (Å²) in [6, 6.07) is 9.76. The maximum atomic E-state index is 14.8. The molecule has 1 spiro atoms. The van der Waals surface area contributed by atoms with E-state index in [1.54, 1.807) is 18.2 Å². The standard InChI is InChI=1S/C49H60N8O8S2/c1-10-56-34-16-15-28-21-31(34)38-39(42(63-9)40-30(41(38)56)13-11-19-50-40)47(2,3)27-65-44(60)32-14-12-20-57(53-32)46(61)49(22-36-51-33(28)26-66-36)45(67-49)52-43(59)35(62-8)25-64-29-23-55(24-29)37(58)17-18-48(4,5)54(6)7/h11,13,15-16,19,21,26,29,32,35,39,42,45,53H,10,12,14,20,22-25,27H2,1-9H3,(H,52,59)/t32-,35+,39?,42-,45+,49-/m0/s1. The zero-order valence-corrected chi connectivity index (χ0v) is 41.3. The molecule has 9 rings (SSSR count). The number of methoxy groups -OCH3 is 2. The molecule has 1 aliphatic carbocycles. The first kappa shape index (κ1) is 47.2. The molecule has 356 valence electrons. The molecule has 1 unspecified atom stereocenters. The number of carbonyl (C=O) groups excluding carboxylic acids is 4. The summed E-state index contributed by atoms with van der Waals surface area (Å²) in [5.41, 5.74) is 9.01. The van der Waals surface area contributed by atoms with Gasteiger partial charge in [-0.2, -0.15) is 0 Å². The third kappa shape index (κ3) is 8.66. The predicted octanol–water partition coefficient (Wildman–Crippen LogP) is 4.77. The van der Waals surface area contributed by atoms with Crippen molar-refractivity contribution in [3.63, 3.8) is 0 Å². The first-order valence-electron chi connectivity index (χ1n) is 23.0. The number of hydrogen-bond acceptors (Lipinski definition) is 14. The van der Waals surface area contributed by atoms with Gasteiger partial charge in [0.05, 0.1) is 46.9 Å². The van der Waals surface area contributed by atoms with E-state index in [1.165, 1.54) is 35.2 Å². The fourth-order valence-corrected chi connectivity index (χ4v) is 11.9. The van der Waals surface area contributed by atoms with Crippen LogP contribution >= 0.6 is 23.1 Å². The van der Waals surface area contributed by atoms with Crippen LogP contribution in [0.15, 0.2) is 41.9 Å². The lowest BCUT2D eigenvalue weighted by Gasteiger charge is -2.42.